The van der Waals surface area contributed by atoms with Gasteiger partial charge in [-0.1, -0.05) is 49.3 Å². The maximum atomic E-state index is 11.1. The number of aromatic nitrogens is 3. The molecule has 0 amide bonds. The van der Waals surface area contributed by atoms with Crippen LogP contribution in [0.4, 0.5) is 0 Å². The number of aromatic amines is 1. The first-order valence-corrected chi connectivity index (χ1v) is 11.3. The van der Waals surface area contributed by atoms with Gasteiger partial charge in [0.15, 0.2) is 0 Å². The smallest absolute Gasteiger partial charge is 0.302 e. The van der Waals surface area contributed by atoms with Crippen molar-refractivity contribution in [1.82, 2.24) is 15.0 Å². The molecule has 2 heterocycles. The van der Waals surface area contributed by atoms with E-state index in [-0.39, 0.29) is 31.2 Å². The summed E-state index contributed by atoms with van der Waals surface area (Å²) in [6.45, 7) is 6.10. The van der Waals surface area contributed by atoms with Gasteiger partial charge in [0.25, 0.3) is 0 Å². The first kappa shape index (κ1) is 23.3. The van der Waals surface area contributed by atoms with E-state index in [0.29, 0.717) is 11.4 Å². The van der Waals surface area contributed by atoms with Crippen molar-refractivity contribution in [2.75, 3.05) is 13.2 Å². The van der Waals surface area contributed by atoms with E-state index in [9.17, 15) is 4.79 Å². The predicted molar refractivity (Wildman–Crippen MR) is 122 cm³/mol. The Hall–Kier alpha value is -2.35. The van der Waals surface area contributed by atoms with Crippen LogP contribution in [-0.2, 0) is 20.7 Å². The molecule has 1 aromatic carbocycles. The Labute approximate surface area is 191 Å². The number of pyridine rings is 1. The molecule has 0 aliphatic rings. The molecular weight excluding hydrogens is 434 g/mol. The predicted octanol–water partition coefficient (Wildman–Crippen LogP) is 5.60. The molecule has 2 aromatic heterocycles. The highest BCUT2D eigenvalue weighted by Crippen LogP contribution is 2.35. The van der Waals surface area contributed by atoms with E-state index < -0.39 is 0 Å². The van der Waals surface area contributed by atoms with Crippen LogP contribution in [0.5, 0.6) is 0 Å². The quantitative estimate of drug-likeness (QED) is 0.314. The molecule has 1 atom stereocenters. The van der Waals surface area contributed by atoms with Crippen LogP contribution in [0.3, 0.4) is 0 Å². The van der Waals surface area contributed by atoms with Crippen LogP contribution in [0.25, 0.3) is 0 Å². The molecule has 0 fully saturated rings. The number of hydrogen-bond acceptors (Lipinski definition) is 6. The summed E-state index contributed by atoms with van der Waals surface area (Å²) in [7, 11) is 0. The van der Waals surface area contributed by atoms with Gasteiger partial charge in [-0.05, 0) is 35.7 Å². The third kappa shape index (κ3) is 7.09. The summed E-state index contributed by atoms with van der Waals surface area (Å²) in [6, 6.07) is 11.6. The van der Waals surface area contributed by atoms with Crippen LogP contribution >= 0.6 is 23.4 Å². The van der Waals surface area contributed by atoms with Gasteiger partial charge in [-0.25, -0.2) is 4.98 Å². The Bertz CT molecular complexity index is 995. The summed E-state index contributed by atoms with van der Waals surface area (Å²) in [4.78, 5) is 24.6. The number of rotatable bonds is 10. The van der Waals surface area contributed by atoms with Crippen LogP contribution in [0.2, 0.25) is 5.02 Å². The molecule has 0 aliphatic carbocycles. The van der Waals surface area contributed by atoms with E-state index in [1.807, 2.05) is 42.6 Å². The number of nitrogens with one attached hydrogen (secondary N) is 1. The average Bonchev–Trinajstić information content (AvgIpc) is 3.15. The third-order valence-corrected chi connectivity index (χ3v) is 5.69. The molecule has 6 nitrogen and oxygen atoms in total. The Morgan fingerprint density at radius 3 is 2.74 bits per heavy atom. The summed E-state index contributed by atoms with van der Waals surface area (Å²) in [5.74, 6) is 0.663. The highest BCUT2D eigenvalue weighted by molar-refractivity contribution is 7.99. The van der Waals surface area contributed by atoms with Gasteiger partial charge in [0.05, 0.1) is 12.3 Å². The molecule has 3 aromatic rings. The van der Waals surface area contributed by atoms with Gasteiger partial charge in [-0.2, -0.15) is 0 Å². The molecule has 1 unspecified atom stereocenters. The summed E-state index contributed by atoms with van der Waals surface area (Å²) in [5, 5.41) is 1.59. The van der Waals surface area contributed by atoms with E-state index in [1.54, 1.807) is 18.0 Å². The second-order valence-corrected chi connectivity index (χ2v) is 8.82. The number of imidazole rings is 1. The maximum absolute atomic E-state index is 11.1. The van der Waals surface area contributed by atoms with E-state index in [0.717, 1.165) is 27.0 Å². The molecule has 0 bridgehead atoms. The lowest BCUT2D eigenvalue weighted by Gasteiger charge is -2.16. The molecule has 3 rings (SSSR count). The first-order valence-electron chi connectivity index (χ1n) is 10.1. The third-order valence-electron chi connectivity index (χ3n) is 4.46. The first-order chi connectivity index (χ1) is 14.9. The second-order valence-electron chi connectivity index (χ2n) is 7.32. The molecule has 164 valence electrons. The number of ether oxygens (including phenoxy) is 2. The van der Waals surface area contributed by atoms with Crippen molar-refractivity contribution < 1.29 is 14.3 Å². The van der Waals surface area contributed by atoms with Crippen molar-refractivity contribution in [3.05, 3.63) is 70.9 Å². The van der Waals surface area contributed by atoms with Crippen LogP contribution in [0, 0.1) is 0 Å². The molecular formula is C23H26ClN3O3S. The molecule has 0 saturated carbocycles. The Morgan fingerprint density at radius 1 is 1.23 bits per heavy atom. The highest BCUT2D eigenvalue weighted by atomic mass is 35.5. The number of benzene rings is 1. The Balaban J connectivity index is 1.84. The number of nitrogens with zero attached hydrogens (tertiary/aromatic N) is 2. The van der Waals surface area contributed by atoms with Gasteiger partial charge in [-0.15, -0.1) is 0 Å². The van der Waals surface area contributed by atoms with Gasteiger partial charge in [0, 0.05) is 35.7 Å². The Kier molecular flexibility index (Phi) is 8.51. The number of carbonyl (C=O) groups is 1. The van der Waals surface area contributed by atoms with Crippen molar-refractivity contribution >= 4 is 29.3 Å². The van der Waals surface area contributed by atoms with Gasteiger partial charge in [0.1, 0.15) is 23.6 Å². The lowest BCUT2D eigenvalue weighted by molar-refractivity contribution is -0.143. The number of hydrogen-bond donors (Lipinski definition) is 1. The van der Waals surface area contributed by atoms with Gasteiger partial charge in [-0.3, -0.25) is 9.78 Å². The summed E-state index contributed by atoms with van der Waals surface area (Å²) < 4.78 is 11.1. The number of carbonyl (C=O) groups excluding carboxylic acids is 1. The van der Waals surface area contributed by atoms with E-state index >= 15 is 0 Å². The summed E-state index contributed by atoms with van der Waals surface area (Å²) >= 11 is 7.72. The lowest BCUT2D eigenvalue weighted by atomic mass is 10.1. The minimum atomic E-state index is -0.328. The lowest BCUT2D eigenvalue weighted by Crippen LogP contribution is -2.15. The zero-order chi connectivity index (χ0) is 22.2. The monoisotopic (exact) mass is 459 g/mol. The normalized spacial score (nSPS) is 12.2. The molecule has 8 heteroatoms. The molecule has 0 saturated heterocycles. The SMILES string of the molecule is CC(=O)OCCOC(Cc1cccnc1)c1nc(Sc2cccc(Cl)c2)c(C(C)C)[nH]1. The molecule has 0 radical (unpaired) electrons. The van der Waals surface area contributed by atoms with E-state index in [4.69, 9.17) is 26.1 Å². The minimum absolute atomic E-state index is 0.195. The van der Waals surface area contributed by atoms with Gasteiger partial charge in [0.2, 0.25) is 0 Å². The van der Waals surface area contributed by atoms with Crippen molar-refractivity contribution in [1.29, 1.82) is 0 Å². The average molecular weight is 460 g/mol. The summed E-state index contributed by atoms with van der Waals surface area (Å²) in [5.41, 5.74) is 2.08. The largest absolute Gasteiger partial charge is 0.463 e. The van der Waals surface area contributed by atoms with Crippen LogP contribution in [-0.4, -0.2) is 34.1 Å². The fraction of sp³-hybridized carbons (Fsp3) is 0.348. The molecule has 0 aliphatic heterocycles. The van der Waals surface area contributed by atoms with Crippen molar-refractivity contribution in [3.63, 3.8) is 0 Å². The number of halogens is 1. The summed E-state index contributed by atoms with van der Waals surface area (Å²) in [6.07, 6.45) is 3.83. The molecule has 31 heavy (non-hydrogen) atoms. The standard InChI is InChI=1S/C23H26ClN3O3S/c1-15(2)21-23(31-19-8-4-7-18(24)13-19)27-22(26-21)20(30-11-10-29-16(3)28)12-17-6-5-9-25-14-17/h4-9,13-15,20H,10-12H2,1-3H3,(H,26,27). The van der Waals surface area contributed by atoms with Gasteiger partial charge >= 0.3 is 5.97 Å². The minimum Gasteiger partial charge on any atom is -0.463 e. The molecule has 1 N–H and O–H groups in total. The number of esters is 1. The second kappa shape index (κ2) is 11.3. The van der Waals surface area contributed by atoms with Crippen molar-refractivity contribution in [2.45, 2.75) is 49.1 Å². The van der Waals surface area contributed by atoms with Crippen LogP contribution < -0.4 is 0 Å². The van der Waals surface area contributed by atoms with Gasteiger partial charge < -0.3 is 14.5 Å². The van der Waals surface area contributed by atoms with Crippen molar-refractivity contribution in [3.8, 4) is 0 Å². The van der Waals surface area contributed by atoms with E-state index in [2.05, 4.69) is 23.8 Å². The molecule has 0 spiro atoms. The van der Waals surface area contributed by atoms with E-state index in [1.165, 1.54) is 6.92 Å². The topological polar surface area (TPSA) is 77.1 Å². The highest BCUT2D eigenvalue weighted by Gasteiger charge is 2.22. The van der Waals surface area contributed by atoms with Crippen LogP contribution in [0.15, 0.2) is 58.7 Å². The Morgan fingerprint density at radius 2 is 2.06 bits per heavy atom. The fourth-order valence-electron chi connectivity index (χ4n) is 3.00. The van der Waals surface area contributed by atoms with Crippen LogP contribution in [0.1, 0.15) is 49.9 Å². The zero-order valence-corrected chi connectivity index (χ0v) is 19.4. The van der Waals surface area contributed by atoms with Crippen molar-refractivity contribution in [2.24, 2.45) is 0 Å². The maximum Gasteiger partial charge on any atom is 0.302 e. The number of H-pyrrole nitrogens is 1. The fourth-order valence-corrected chi connectivity index (χ4v) is 4.35. The zero-order valence-electron chi connectivity index (χ0n) is 17.8.